The number of aryl methyl sites for hydroxylation is 1. The highest BCUT2D eigenvalue weighted by molar-refractivity contribution is 5.95. The molecular formula is C16H27N3O2. The van der Waals surface area contributed by atoms with Crippen LogP contribution in [0.1, 0.15) is 50.2 Å². The summed E-state index contributed by atoms with van der Waals surface area (Å²) < 4.78 is 0. The molecule has 0 saturated heterocycles. The Morgan fingerprint density at radius 2 is 2.05 bits per heavy atom. The third-order valence-electron chi connectivity index (χ3n) is 3.01. The molecule has 0 spiro atoms. The minimum absolute atomic E-state index is 0.103. The first-order chi connectivity index (χ1) is 9.76. The van der Waals surface area contributed by atoms with Gasteiger partial charge in [0.2, 0.25) is 0 Å². The van der Waals surface area contributed by atoms with Gasteiger partial charge >= 0.3 is 0 Å². The number of nitrogens with one attached hydrogen (secondary N) is 1. The van der Waals surface area contributed by atoms with Crippen molar-refractivity contribution in [3.05, 3.63) is 23.4 Å². The van der Waals surface area contributed by atoms with Crippen molar-refractivity contribution in [2.45, 2.75) is 46.1 Å². The molecule has 1 amide bonds. The van der Waals surface area contributed by atoms with E-state index in [9.17, 15) is 9.90 Å². The first-order valence-electron chi connectivity index (χ1n) is 7.49. The standard InChI is InChI=1S/C16H27N3O2/c1-6-8-17-14-10-12(9-13(7-2)18-14)15(20)19(5)11-16(3,4)21/h9-10,21H,6-8,11H2,1-5H3,(H,17,18). The average molecular weight is 293 g/mol. The lowest BCUT2D eigenvalue weighted by Crippen LogP contribution is -2.39. The Morgan fingerprint density at radius 3 is 2.57 bits per heavy atom. The molecule has 5 heteroatoms. The molecule has 1 aromatic rings. The monoisotopic (exact) mass is 293 g/mol. The third kappa shape index (κ3) is 5.71. The Bertz CT molecular complexity index is 481. The summed E-state index contributed by atoms with van der Waals surface area (Å²) in [4.78, 5) is 18.5. The molecule has 2 N–H and O–H groups in total. The lowest BCUT2D eigenvalue weighted by molar-refractivity contribution is 0.0368. The van der Waals surface area contributed by atoms with Gasteiger partial charge in [-0.15, -0.1) is 0 Å². The molecule has 1 heterocycles. The van der Waals surface area contributed by atoms with Crippen molar-refractivity contribution in [1.29, 1.82) is 0 Å². The summed E-state index contributed by atoms with van der Waals surface area (Å²) in [5, 5.41) is 13.1. The third-order valence-corrected chi connectivity index (χ3v) is 3.01. The maximum absolute atomic E-state index is 12.5. The molecule has 0 unspecified atom stereocenters. The van der Waals surface area contributed by atoms with E-state index in [2.05, 4.69) is 17.2 Å². The molecule has 5 nitrogen and oxygen atoms in total. The molecule has 0 aromatic carbocycles. The van der Waals surface area contributed by atoms with Gasteiger partial charge in [-0.1, -0.05) is 13.8 Å². The Hall–Kier alpha value is -1.62. The fraction of sp³-hybridized carbons (Fsp3) is 0.625. The van der Waals surface area contributed by atoms with Gasteiger partial charge in [0.15, 0.2) is 0 Å². The van der Waals surface area contributed by atoms with Gasteiger partial charge in [-0.2, -0.15) is 0 Å². The second-order valence-electron chi connectivity index (χ2n) is 5.99. The first-order valence-corrected chi connectivity index (χ1v) is 7.49. The summed E-state index contributed by atoms with van der Waals surface area (Å²) in [5.74, 6) is 0.630. The normalized spacial score (nSPS) is 11.3. The van der Waals surface area contributed by atoms with Crippen LogP contribution >= 0.6 is 0 Å². The number of aromatic nitrogens is 1. The molecule has 1 rings (SSSR count). The number of nitrogens with zero attached hydrogens (tertiary/aromatic N) is 2. The first kappa shape index (κ1) is 17.4. The molecule has 1 aromatic heterocycles. The highest BCUT2D eigenvalue weighted by Gasteiger charge is 2.21. The van der Waals surface area contributed by atoms with Crippen molar-refractivity contribution in [2.75, 3.05) is 25.5 Å². The lowest BCUT2D eigenvalue weighted by atomic mass is 10.1. The maximum atomic E-state index is 12.5. The van der Waals surface area contributed by atoms with E-state index in [1.54, 1.807) is 31.9 Å². The van der Waals surface area contributed by atoms with Gasteiger partial charge in [-0.25, -0.2) is 4.98 Å². The predicted octanol–water partition coefficient (Wildman–Crippen LogP) is 2.31. The van der Waals surface area contributed by atoms with Crippen molar-refractivity contribution >= 4 is 11.7 Å². The molecule has 0 saturated carbocycles. The molecule has 0 aliphatic carbocycles. The van der Waals surface area contributed by atoms with Crippen LogP contribution in [0.5, 0.6) is 0 Å². The zero-order valence-corrected chi connectivity index (χ0v) is 13.7. The number of amides is 1. The van der Waals surface area contributed by atoms with E-state index in [-0.39, 0.29) is 12.5 Å². The summed E-state index contributed by atoms with van der Waals surface area (Å²) in [6, 6.07) is 3.60. The summed E-state index contributed by atoms with van der Waals surface area (Å²) in [6.45, 7) is 8.59. The molecule has 21 heavy (non-hydrogen) atoms. The Kier molecular flexibility index (Phi) is 6.15. The number of carbonyl (C=O) groups excluding carboxylic acids is 1. The zero-order valence-electron chi connectivity index (χ0n) is 13.7. The van der Waals surface area contributed by atoms with Crippen LogP contribution in [0.4, 0.5) is 5.82 Å². The summed E-state index contributed by atoms with van der Waals surface area (Å²) in [5.41, 5.74) is 0.581. The van der Waals surface area contributed by atoms with E-state index >= 15 is 0 Å². The maximum Gasteiger partial charge on any atom is 0.253 e. The molecule has 0 aliphatic heterocycles. The number of carbonyl (C=O) groups is 1. The number of likely N-dealkylation sites (N-methyl/N-ethyl adjacent to an activating group) is 1. The Labute approximate surface area is 127 Å². The van der Waals surface area contributed by atoms with Gasteiger partial charge in [-0.05, 0) is 38.8 Å². The van der Waals surface area contributed by atoms with Gasteiger partial charge in [0.25, 0.3) is 5.91 Å². The summed E-state index contributed by atoms with van der Waals surface area (Å²) in [6.07, 6.45) is 1.77. The number of anilines is 1. The van der Waals surface area contributed by atoms with Crippen LogP contribution in [0.2, 0.25) is 0 Å². The minimum Gasteiger partial charge on any atom is -0.389 e. The van der Waals surface area contributed by atoms with Crippen LogP contribution < -0.4 is 5.32 Å². The highest BCUT2D eigenvalue weighted by atomic mass is 16.3. The zero-order chi connectivity index (χ0) is 16.0. The second-order valence-corrected chi connectivity index (χ2v) is 5.99. The molecule has 0 radical (unpaired) electrons. The van der Waals surface area contributed by atoms with Crippen molar-refractivity contribution in [2.24, 2.45) is 0 Å². The lowest BCUT2D eigenvalue weighted by Gasteiger charge is -2.25. The van der Waals surface area contributed by atoms with Crippen molar-refractivity contribution in [3.63, 3.8) is 0 Å². The molecule has 0 atom stereocenters. The van der Waals surface area contributed by atoms with Crippen LogP contribution in [0, 0.1) is 0 Å². The largest absolute Gasteiger partial charge is 0.389 e. The molecular weight excluding hydrogens is 266 g/mol. The molecule has 0 bridgehead atoms. The van der Waals surface area contributed by atoms with E-state index in [4.69, 9.17) is 0 Å². The van der Waals surface area contributed by atoms with E-state index in [0.717, 1.165) is 30.9 Å². The number of hydrogen-bond donors (Lipinski definition) is 2. The number of hydrogen-bond acceptors (Lipinski definition) is 4. The van der Waals surface area contributed by atoms with Crippen LogP contribution in [0.3, 0.4) is 0 Å². The topological polar surface area (TPSA) is 65.5 Å². The average Bonchev–Trinajstić information content (AvgIpc) is 2.41. The minimum atomic E-state index is -0.908. The van der Waals surface area contributed by atoms with Crippen LogP contribution in [0.25, 0.3) is 0 Å². The summed E-state index contributed by atoms with van der Waals surface area (Å²) in [7, 11) is 1.70. The van der Waals surface area contributed by atoms with E-state index in [1.807, 2.05) is 13.0 Å². The number of rotatable bonds is 7. The molecule has 118 valence electrons. The summed E-state index contributed by atoms with van der Waals surface area (Å²) >= 11 is 0. The second kappa shape index (κ2) is 7.41. The predicted molar refractivity (Wildman–Crippen MR) is 85.7 cm³/mol. The van der Waals surface area contributed by atoms with Crippen molar-refractivity contribution in [1.82, 2.24) is 9.88 Å². The fourth-order valence-corrected chi connectivity index (χ4v) is 2.11. The quantitative estimate of drug-likeness (QED) is 0.809. The fourth-order valence-electron chi connectivity index (χ4n) is 2.11. The van der Waals surface area contributed by atoms with Crippen LogP contribution in [0.15, 0.2) is 12.1 Å². The van der Waals surface area contributed by atoms with Crippen LogP contribution in [-0.2, 0) is 6.42 Å². The van der Waals surface area contributed by atoms with E-state index < -0.39 is 5.60 Å². The van der Waals surface area contributed by atoms with Gasteiger partial charge in [0.1, 0.15) is 5.82 Å². The highest BCUT2D eigenvalue weighted by Crippen LogP contribution is 2.14. The van der Waals surface area contributed by atoms with Gasteiger partial charge < -0.3 is 15.3 Å². The smallest absolute Gasteiger partial charge is 0.253 e. The van der Waals surface area contributed by atoms with Crippen molar-refractivity contribution < 1.29 is 9.90 Å². The van der Waals surface area contributed by atoms with Crippen molar-refractivity contribution in [3.8, 4) is 0 Å². The van der Waals surface area contributed by atoms with E-state index in [0.29, 0.717) is 5.56 Å². The van der Waals surface area contributed by atoms with Gasteiger partial charge in [0.05, 0.1) is 5.60 Å². The Balaban J connectivity index is 2.96. The number of pyridine rings is 1. The molecule has 0 aliphatic rings. The number of aliphatic hydroxyl groups is 1. The SMILES string of the molecule is CCCNc1cc(C(=O)N(C)CC(C)(C)O)cc(CC)n1. The van der Waals surface area contributed by atoms with Gasteiger partial charge in [0, 0.05) is 31.4 Å². The van der Waals surface area contributed by atoms with E-state index in [1.165, 1.54) is 0 Å². The molecule has 0 fully saturated rings. The van der Waals surface area contributed by atoms with Gasteiger partial charge in [-0.3, -0.25) is 4.79 Å². The Morgan fingerprint density at radius 1 is 1.38 bits per heavy atom. The van der Waals surface area contributed by atoms with Crippen LogP contribution in [-0.4, -0.2) is 46.6 Å².